The highest BCUT2D eigenvalue weighted by Gasteiger charge is 2.24. The summed E-state index contributed by atoms with van der Waals surface area (Å²) in [6.45, 7) is 3.89. The molecule has 0 saturated carbocycles. The predicted molar refractivity (Wildman–Crippen MR) is 118 cm³/mol. The molecule has 0 unspecified atom stereocenters. The molecule has 0 aliphatic carbocycles. The zero-order chi connectivity index (χ0) is 21.0. The number of carbonyl (C=O) groups excluding carboxylic acids is 2. The van der Waals surface area contributed by atoms with Gasteiger partial charge in [-0.15, -0.1) is 0 Å². The van der Waals surface area contributed by atoms with Crippen molar-refractivity contribution in [3.63, 3.8) is 0 Å². The number of benzene rings is 2. The molecule has 0 spiro atoms. The second-order valence-corrected chi connectivity index (χ2v) is 7.60. The maximum Gasteiger partial charge on any atom is 0.363 e. The van der Waals surface area contributed by atoms with Gasteiger partial charge in [-0.3, -0.25) is 4.79 Å². The largest absolute Gasteiger partial charge is 0.493 e. The molecule has 0 aromatic heterocycles. The summed E-state index contributed by atoms with van der Waals surface area (Å²) >= 11 is 2.25. The Hall–Kier alpha value is -2.68. The first-order valence-corrected chi connectivity index (χ1v) is 10.2. The first kappa shape index (κ1) is 21.0. The van der Waals surface area contributed by atoms with Gasteiger partial charge in [-0.1, -0.05) is 13.0 Å². The number of hydrogen-bond acceptors (Lipinski definition) is 6. The zero-order valence-electron chi connectivity index (χ0n) is 16.3. The van der Waals surface area contributed by atoms with Crippen LogP contribution >= 0.6 is 22.6 Å². The molecule has 0 N–H and O–H groups in total. The van der Waals surface area contributed by atoms with Gasteiger partial charge < -0.3 is 14.2 Å². The normalized spacial score (nSPS) is 14.6. The first-order chi connectivity index (χ1) is 13.9. The monoisotopic (exact) mass is 505 g/mol. The Balaban J connectivity index is 1.86. The predicted octanol–water partition coefficient (Wildman–Crippen LogP) is 4.66. The van der Waals surface area contributed by atoms with Crippen LogP contribution in [0.15, 0.2) is 47.1 Å². The third kappa shape index (κ3) is 5.03. The lowest BCUT2D eigenvalue weighted by atomic mass is 10.1. The van der Waals surface area contributed by atoms with E-state index in [0.29, 0.717) is 29.9 Å². The molecular formula is C22H20INO5. The number of esters is 2. The Labute approximate surface area is 182 Å². The SMILES string of the molecule is CCCC(=O)Oc1ccc(/C=C2\N=C(c3ccc(I)c(C)c3)OC2=O)cc1OC. The van der Waals surface area contributed by atoms with Gasteiger partial charge in [-0.25, -0.2) is 9.79 Å². The van der Waals surface area contributed by atoms with Gasteiger partial charge in [-0.2, -0.15) is 0 Å². The van der Waals surface area contributed by atoms with Crippen molar-refractivity contribution in [1.82, 2.24) is 0 Å². The highest BCUT2D eigenvalue weighted by atomic mass is 127. The molecule has 0 amide bonds. The van der Waals surface area contributed by atoms with Crippen molar-refractivity contribution in [2.75, 3.05) is 7.11 Å². The molecular weight excluding hydrogens is 485 g/mol. The van der Waals surface area contributed by atoms with Crippen LogP contribution in [0.25, 0.3) is 6.08 Å². The van der Waals surface area contributed by atoms with Crippen molar-refractivity contribution in [1.29, 1.82) is 0 Å². The maximum absolute atomic E-state index is 12.2. The van der Waals surface area contributed by atoms with Gasteiger partial charge in [0.1, 0.15) is 0 Å². The van der Waals surface area contributed by atoms with E-state index in [0.717, 1.165) is 14.7 Å². The fourth-order valence-electron chi connectivity index (χ4n) is 2.70. The van der Waals surface area contributed by atoms with Crippen LogP contribution < -0.4 is 9.47 Å². The van der Waals surface area contributed by atoms with Gasteiger partial charge in [0.05, 0.1) is 7.11 Å². The van der Waals surface area contributed by atoms with Gasteiger partial charge in [-0.05, 0) is 83.5 Å². The van der Waals surface area contributed by atoms with Gasteiger partial charge >= 0.3 is 11.9 Å². The summed E-state index contributed by atoms with van der Waals surface area (Å²) in [6, 6.07) is 10.8. The highest BCUT2D eigenvalue weighted by Crippen LogP contribution is 2.30. The van der Waals surface area contributed by atoms with E-state index in [9.17, 15) is 9.59 Å². The van der Waals surface area contributed by atoms with E-state index in [-0.39, 0.29) is 17.6 Å². The lowest BCUT2D eigenvalue weighted by Crippen LogP contribution is -2.08. The summed E-state index contributed by atoms with van der Waals surface area (Å²) < 4.78 is 17.1. The van der Waals surface area contributed by atoms with E-state index < -0.39 is 5.97 Å². The summed E-state index contributed by atoms with van der Waals surface area (Å²) in [4.78, 5) is 28.3. The summed E-state index contributed by atoms with van der Waals surface area (Å²) in [5.74, 6) is 0.165. The minimum Gasteiger partial charge on any atom is -0.493 e. The molecule has 0 fully saturated rings. The molecule has 29 heavy (non-hydrogen) atoms. The zero-order valence-corrected chi connectivity index (χ0v) is 18.5. The fourth-order valence-corrected chi connectivity index (χ4v) is 3.04. The summed E-state index contributed by atoms with van der Waals surface area (Å²) in [5.41, 5.74) is 2.69. The Morgan fingerprint density at radius 1 is 1.21 bits per heavy atom. The van der Waals surface area contributed by atoms with Crippen molar-refractivity contribution in [3.8, 4) is 11.5 Å². The lowest BCUT2D eigenvalue weighted by Gasteiger charge is -2.09. The maximum atomic E-state index is 12.2. The molecule has 2 aromatic carbocycles. The standard InChI is InChI=1S/C22H20INO5/c1-4-5-20(25)28-18-9-6-14(12-19(18)27-3)11-17-22(26)29-21(24-17)15-7-8-16(23)13(2)10-15/h6-12H,4-5H2,1-3H3/b17-11-. The average Bonchev–Trinajstić information content (AvgIpc) is 3.05. The minimum atomic E-state index is -0.520. The third-order valence-electron chi connectivity index (χ3n) is 4.19. The Kier molecular flexibility index (Phi) is 6.68. The van der Waals surface area contributed by atoms with E-state index in [2.05, 4.69) is 27.6 Å². The first-order valence-electron chi connectivity index (χ1n) is 9.09. The molecule has 2 aromatic rings. The molecule has 7 heteroatoms. The van der Waals surface area contributed by atoms with E-state index in [1.54, 1.807) is 24.3 Å². The number of aryl methyl sites for hydroxylation is 1. The molecule has 1 heterocycles. The molecule has 0 radical (unpaired) electrons. The van der Waals surface area contributed by atoms with Gasteiger partial charge in [0, 0.05) is 15.6 Å². The van der Waals surface area contributed by atoms with Crippen LogP contribution in [0, 0.1) is 10.5 Å². The number of carbonyl (C=O) groups is 2. The number of methoxy groups -OCH3 is 1. The third-order valence-corrected chi connectivity index (χ3v) is 5.40. The molecule has 6 nitrogen and oxygen atoms in total. The Morgan fingerprint density at radius 3 is 2.69 bits per heavy atom. The van der Waals surface area contributed by atoms with Crippen molar-refractivity contribution in [2.24, 2.45) is 4.99 Å². The molecule has 1 aliphatic rings. The van der Waals surface area contributed by atoms with Crippen molar-refractivity contribution < 1.29 is 23.8 Å². The van der Waals surface area contributed by atoms with Crippen LogP contribution in [0.3, 0.4) is 0 Å². The fraction of sp³-hybridized carbons (Fsp3) is 0.227. The Bertz CT molecular complexity index is 1030. The van der Waals surface area contributed by atoms with Crippen LogP contribution in [-0.4, -0.2) is 24.9 Å². The number of hydrogen-bond donors (Lipinski definition) is 0. The van der Waals surface area contributed by atoms with Crippen LogP contribution in [0.4, 0.5) is 0 Å². The lowest BCUT2D eigenvalue weighted by molar-refractivity contribution is -0.134. The second kappa shape index (κ2) is 9.21. The van der Waals surface area contributed by atoms with Crippen molar-refractivity contribution in [2.45, 2.75) is 26.7 Å². The van der Waals surface area contributed by atoms with Crippen LogP contribution in [-0.2, 0) is 14.3 Å². The molecule has 1 aliphatic heterocycles. The average molecular weight is 505 g/mol. The van der Waals surface area contributed by atoms with E-state index in [4.69, 9.17) is 14.2 Å². The smallest absolute Gasteiger partial charge is 0.363 e. The molecule has 0 atom stereocenters. The van der Waals surface area contributed by atoms with Crippen LogP contribution in [0.1, 0.15) is 36.5 Å². The summed E-state index contributed by atoms with van der Waals surface area (Å²) in [7, 11) is 1.49. The number of cyclic esters (lactones) is 1. The topological polar surface area (TPSA) is 74.2 Å². The number of rotatable bonds is 6. The number of nitrogens with zero attached hydrogens (tertiary/aromatic N) is 1. The summed E-state index contributed by atoms with van der Waals surface area (Å²) in [5, 5.41) is 0. The summed E-state index contributed by atoms with van der Waals surface area (Å²) in [6.07, 6.45) is 2.64. The van der Waals surface area contributed by atoms with Crippen LogP contribution in [0.2, 0.25) is 0 Å². The number of ether oxygens (including phenoxy) is 3. The number of aliphatic imine (C=N–C) groups is 1. The Morgan fingerprint density at radius 2 is 2.00 bits per heavy atom. The highest BCUT2D eigenvalue weighted by molar-refractivity contribution is 14.1. The molecule has 0 bridgehead atoms. The quantitative estimate of drug-likeness (QED) is 0.247. The minimum absolute atomic E-state index is 0.189. The van der Waals surface area contributed by atoms with Crippen molar-refractivity contribution in [3.05, 3.63) is 62.4 Å². The van der Waals surface area contributed by atoms with E-state index in [1.807, 2.05) is 32.0 Å². The molecule has 150 valence electrons. The number of halogens is 1. The second-order valence-electron chi connectivity index (χ2n) is 6.43. The molecule has 0 saturated heterocycles. The molecule has 3 rings (SSSR count). The van der Waals surface area contributed by atoms with Crippen LogP contribution in [0.5, 0.6) is 11.5 Å². The van der Waals surface area contributed by atoms with E-state index >= 15 is 0 Å². The van der Waals surface area contributed by atoms with E-state index in [1.165, 1.54) is 7.11 Å². The van der Waals surface area contributed by atoms with Crippen molar-refractivity contribution >= 4 is 46.5 Å². The van der Waals surface area contributed by atoms with Gasteiger partial charge in [0.15, 0.2) is 17.2 Å². The van der Waals surface area contributed by atoms with Gasteiger partial charge in [0.25, 0.3) is 0 Å². The van der Waals surface area contributed by atoms with Gasteiger partial charge in [0.2, 0.25) is 5.90 Å².